The molecule has 0 fully saturated rings. The van der Waals surface area contributed by atoms with Crippen molar-refractivity contribution in [1.82, 2.24) is 14.9 Å². The Morgan fingerprint density at radius 3 is 2.44 bits per heavy atom. The van der Waals surface area contributed by atoms with E-state index in [9.17, 15) is 14.0 Å². The first-order valence-electron chi connectivity index (χ1n) is 11.0. The minimum atomic E-state index is -0.389. The molecule has 0 bridgehead atoms. The Kier molecular flexibility index (Phi) is 7.27. The molecule has 1 heterocycles. The van der Waals surface area contributed by atoms with Crippen LogP contribution in [0.5, 0.6) is 0 Å². The molecule has 4 rings (SSSR count). The summed E-state index contributed by atoms with van der Waals surface area (Å²) < 4.78 is 15.1. The third-order valence-electron chi connectivity index (χ3n) is 5.42. The highest BCUT2D eigenvalue weighted by atomic mass is 32.2. The Morgan fingerprint density at radius 1 is 1.03 bits per heavy atom. The van der Waals surface area contributed by atoms with Crippen LogP contribution in [0, 0.1) is 5.82 Å². The summed E-state index contributed by atoms with van der Waals surface area (Å²) in [5.74, 6) is -0.524. The van der Waals surface area contributed by atoms with Gasteiger partial charge in [-0.05, 0) is 67.9 Å². The van der Waals surface area contributed by atoms with Crippen molar-refractivity contribution in [2.24, 2.45) is 0 Å². The Labute approximate surface area is 201 Å². The van der Waals surface area contributed by atoms with Gasteiger partial charge in [0.1, 0.15) is 5.82 Å². The molecule has 0 aliphatic rings. The van der Waals surface area contributed by atoms with Gasteiger partial charge in [0.2, 0.25) is 5.91 Å². The van der Waals surface area contributed by atoms with Crippen molar-refractivity contribution in [3.05, 3.63) is 89.7 Å². The minimum Gasteiger partial charge on any atom is -0.349 e. The van der Waals surface area contributed by atoms with Crippen molar-refractivity contribution in [2.75, 3.05) is 11.1 Å². The van der Waals surface area contributed by atoms with Crippen LogP contribution in [0.25, 0.3) is 11.0 Å². The number of hydrogen-bond donors (Lipinski definition) is 2. The molecule has 0 saturated heterocycles. The van der Waals surface area contributed by atoms with Crippen molar-refractivity contribution in [3.63, 3.8) is 0 Å². The summed E-state index contributed by atoms with van der Waals surface area (Å²) in [4.78, 5) is 29.5. The van der Waals surface area contributed by atoms with E-state index in [1.54, 1.807) is 12.1 Å². The van der Waals surface area contributed by atoms with Gasteiger partial charge in [-0.1, -0.05) is 36.0 Å². The normalized spacial score (nSPS) is 11.9. The Morgan fingerprint density at radius 2 is 1.74 bits per heavy atom. The number of fused-ring (bicyclic) bond motifs is 1. The van der Waals surface area contributed by atoms with E-state index in [1.165, 1.54) is 36.0 Å². The van der Waals surface area contributed by atoms with Gasteiger partial charge in [-0.15, -0.1) is 0 Å². The maximum atomic E-state index is 13.0. The molecule has 0 saturated carbocycles. The largest absolute Gasteiger partial charge is 0.349 e. The molecule has 1 aromatic heterocycles. The number of aromatic nitrogens is 2. The molecule has 4 aromatic rings. The van der Waals surface area contributed by atoms with Crippen LogP contribution >= 0.6 is 11.8 Å². The molecule has 0 radical (unpaired) electrons. The molecular weight excluding hydrogens is 451 g/mol. The minimum absolute atomic E-state index is 0.0825. The van der Waals surface area contributed by atoms with E-state index in [0.29, 0.717) is 11.3 Å². The van der Waals surface area contributed by atoms with Crippen molar-refractivity contribution < 1.29 is 14.0 Å². The number of amides is 2. The van der Waals surface area contributed by atoms with Gasteiger partial charge < -0.3 is 15.2 Å². The number of rotatable bonds is 8. The second kappa shape index (κ2) is 10.5. The highest BCUT2D eigenvalue weighted by Crippen LogP contribution is 2.24. The maximum absolute atomic E-state index is 13.0. The summed E-state index contributed by atoms with van der Waals surface area (Å²) in [7, 11) is 0. The number of halogens is 1. The van der Waals surface area contributed by atoms with Gasteiger partial charge in [-0.2, -0.15) is 0 Å². The first-order valence-corrected chi connectivity index (χ1v) is 12.0. The molecule has 1 unspecified atom stereocenters. The molecule has 0 aliphatic carbocycles. The molecule has 6 nitrogen and oxygen atoms in total. The van der Waals surface area contributed by atoms with E-state index in [2.05, 4.69) is 27.1 Å². The van der Waals surface area contributed by atoms with Crippen LogP contribution in [-0.2, 0) is 11.3 Å². The molecule has 2 amide bonds. The van der Waals surface area contributed by atoms with Gasteiger partial charge >= 0.3 is 0 Å². The number of para-hydroxylation sites is 2. The van der Waals surface area contributed by atoms with E-state index in [0.717, 1.165) is 28.3 Å². The summed E-state index contributed by atoms with van der Waals surface area (Å²) in [6.45, 7) is 4.76. The number of benzene rings is 3. The number of carbonyl (C=O) groups excluding carboxylic acids is 2. The predicted molar refractivity (Wildman–Crippen MR) is 133 cm³/mol. The standard InChI is InChI=1S/C26H25FN4O2S/c1-3-31-23-7-5-4-6-22(23)30-26(31)34-16-24(32)28-17(2)18-10-14-21(15-11-18)29-25(33)19-8-12-20(27)13-9-19/h4-15,17H,3,16H2,1-2H3,(H,28,32)(H,29,33). The maximum Gasteiger partial charge on any atom is 0.255 e. The average Bonchev–Trinajstić information content (AvgIpc) is 3.21. The van der Waals surface area contributed by atoms with E-state index < -0.39 is 0 Å². The smallest absolute Gasteiger partial charge is 0.255 e. The average molecular weight is 477 g/mol. The first-order chi connectivity index (χ1) is 16.4. The van der Waals surface area contributed by atoms with Crippen LogP contribution in [0.1, 0.15) is 35.8 Å². The number of nitrogens with one attached hydrogen (secondary N) is 2. The zero-order valence-electron chi connectivity index (χ0n) is 18.9. The summed E-state index contributed by atoms with van der Waals surface area (Å²) >= 11 is 1.42. The Balaban J connectivity index is 1.32. The lowest BCUT2D eigenvalue weighted by Gasteiger charge is -2.15. The van der Waals surface area contributed by atoms with E-state index >= 15 is 0 Å². The predicted octanol–water partition coefficient (Wildman–Crippen LogP) is 5.42. The number of hydrogen-bond acceptors (Lipinski definition) is 4. The molecule has 2 N–H and O–H groups in total. The topological polar surface area (TPSA) is 76.0 Å². The molecule has 8 heteroatoms. The number of anilines is 1. The van der Waals surface area contributed by atoms with Gasteiger partial charge in [0.15, 0.2) is 5.16 Å². The summed E-state index contributed by atoms with van der Waals surface area (Å²) in [6, 6.07) is 20.4. The van der Waals surface area contributed by atoms with Gasteiger partial charge in [0, 0.05) is 17.8 Å². The van der Waals surface area contributed by atoms with Crippen LogP contribution in [0.2, 0.25) is 0 Å². The van der Waals surface area contributed by atoms with Crippen molar-refractivity contribution >= 4 is 40.3 Å². The molecule has 0 spiro atoms. The number of thioether (sulfide) groups is 1. The fraction of sp³-hybridized carbons (Fsp3) is 0.192. The van der Waals surface area contributed by atoms with Gasteiger partial charge in [0.25, 0.3) is 5.91 Å². The second-order valence-corrected chi connectivity index (χ2v) is 8.73. The summed E-state index contributed by atoms with van der Waals surface area (Å²) in [5, 5.41) is 6.62. The quantitative estimate of drug-likeness (QED) is 0.333. The highest BCUT2D eigenvalue weighted by molar-refractivity contribution is 7.99. The molecule has 3 aromatic carbocycles. The van der Waals surface area contributed by atoms with Crippen molar-refractivity contribution in [3.8, 4) is 0 Å². The number of aryl methyl sites for hydroxylation is 1. The first kappa shape index (κ1) is 23.5. The lowest BCUT2D eigenvalue weighted by atomic mass is 10.1. The zero-order valence-corrected chi connectivity index (χ0v) is 19.7. The lowest BCUT2D eigenvalue weighted by molar-refractivity contribution is -0.119. The van der Waals surface area contributed by atoms with Crippen LogP contribution in [0.15, 0.2) is 78.0 Å². The van der Waals surface area contributed by atoms with Gasteiger partial charge in [-0.25, -0.2) is 9.37 Å². The van der Waals surface area contributed by atoms with Crippen LogP contribution in [0.3, 0.4) is 0 Å². The third-order valence-corrected chi connectivity index (χ3v) is 6.40. The molecule has 0 aliphatic heterocycles. The molecule has 174 valence electrons. The number of nitrogens with zero attached hydrogens (tertiary/aromatic N) is 2. The number of imidazole rings is 1. The fourth-order valence-corrected chi connectivity index (χ4v) is 4.52. The SMILES string of the molecule is CCn1c(SCC(=O)NC(C)c2ccc(NC(=O)c3ccc(F)cc3)cc2)nc2ccccc21. The Hall–Kier alpha value is -3.65. The van der Waals surface area contributed by atoms with Gasteiger partial charge in [0.05, 0.1) is 22.8 Å². The summed E-state index contributed by atoms with van der Waals surface area (Å²) in [5.41, 5.74) is 3.89. The van der Waals surface area contributed by atoms with E-state index in [1.807, 2.05) is 43.3 Å². The summed E-state index contributed by atoms with van der Waals surface area (Å²) in [6.07, 6.45) is 0. The molecule has 34 heavy (non-hydrogen) atoms. The zero-order chi connectivity index (χ0) is 24.1. The Bertz CT molecular complexity index is 1300. The van der Waals surface area contributed by atoms with Crippen LogP contribution in [-0.4, -0.2) is 27.1 Å². The fourth-order valence-electron chi connectivity index (χ4n) is 3.63. The monoisotopic (exact) mass is 476 g/mol. The van der Waals surface area contributed by atoms with Crippen LogP contribution < -0.4 is 10.6 Å². The van der Waals surface area contributed by atoms with E-state index in [-0.39, 0.29) is 29.4 Å². The highest BCUT2D eigenvalue weighted by Gasteiger charge is 2.14. The van der Waals surface area contributed by atoms with Crippen LogP contribution in [0.4, 0.5) is 10.1 Å². The van der Waals surface area contributed by atoms with Gasteiger partial charge in [-0.3, -0.25) is 9.59 Å². The second-order valence-electron chi connectivity index (χ2n) is 7.79. The third kappa shape index (κ3) is 5.46. The molecular formula is C26H25FN4O2S. The van der Waals surface area contributed by atoms with Crippen molar-refractivity contribution in [2.45, 2.75) is 31.6 Å². The van der Waals surface area contributed by atoms with E-state index in [4.69, 9.17) is 0 Å². The molecule has 1 atom stereocenters. The lowest BCUT2D eigenvalue weighted by Crippen LogP contribution is -2.28. The number of carbonyl (C=O) groups is 2. The van der Waals surface area contributed by atoms with Crippen molar-refractivity contribution in [1.29, 1.82) is 0 Å².